The van der Waals surface area contributed by atoms with E-state index in [0.717, 1.165) is 0 Å². The first-order valence-corrected chi connectivity index (χ1v) is 4.91. The molecule has 15 heavy (non-hydrogen) atoms. The summed E-state index contributed by atoms with van der Waals surface area (Å²) in [6.07, 6.45) is 5.75. The van der Waals surface area contributed by atoms with E-state index in [1.807, 2.05) is 0 Å². The Labute approximate surface area is 93.3 Å². The van der Waals surface area contributed by atoms with Gasteiger partial charge in [-0.1, -0.05) is 23.7 Å². The van der Waals surface area contributed by atoms with Crippen LogP contribution in [0.5, 0.6) is 0 Å². The van der Waals surface area contributed by atoms with Crippen molar-refractivity contribution >= 4 is 17.4 Å². The van der Waals surface area contributed by atoms with Gasteiger partial charge in [-0.2, -0.15) is 0 Å². The van der Waals surface area contributed by atoms with Crippen LogP contribution in [0.15, 0.2) is 18.2 Å². The van der Waals surface area contributed by atoms with E-state index in [4.69, 9.17) is 18.0 Å². The van der Waals surface area contributed by atoms with Gasteiger partial charge in [0.2, 0.25) is 0 Å². The summed E-state index contributed by atoms with van der Waals surface area (Å²) in [5.41, 5.74) is 0.324. The maximum absolute atomic E-state index is 13.4. The molecule has 1 rings (SSSR count). The highest BCUT2D eigenvalue weighted by atomic mass is 35.5. The van der Waals surface area contributed by atoms with Crippen LogP contribution in [-0.4, -0.2) is 5.78 Å². The number of rotatable bonds is 4. The molecule has 0 aliphatic heterocycles. The fourth-order valence-electron chi connectivity index (χ4n) is 1.20. The number of ketones is 1. The summed E-state index contributed by atoms with van der Waals surface area (Å²) in [5.74, 6) is 1.77. The summed E-state index contributed by atoms with van der Waals surface area (Å²) in [4.78, 5) is 11.3. The second-order valence-electron chi connectivity index (χ2n) is 3.13. The third-order valence-corrected chi connectivity index (χ3v) is 2.26. The second-order valence-corrected chi connectivity index (χ2v) is 3.54. The lowest BCUT2D eigenvalue weighted by Crippen LogP contribution is -2.04. The van der Waals surface area contributed by atoms with E-state index < -0.39 is 5.82 Å². The molecular formula is C12H10ClFO. The van der Waals surface area contributed by atoms with E-state index in [0.29, 0.717) is 12.0 Å². The number of carbonyl (C=O) groups is 1. The fourth-order valence-corrected chi connectivity index (χ4v) is 1.39. The van der Waals surface area contributed by atoms with E-state index in [1.54, 1.807) is 12.1 Å². The molecular weight excluding hydrogens is 215 g/mol. The molecule has 0 spiro atoms. The van der Waals surface area contributed by atoms with Crippen molar-refractivity contribution in [3.05, 3.63) is 34.6 Å². The Morgan fingerprint density at radius 1 is 1.53 bits per heavy atom. The zero-order valence-electron chi connectivity index (χ0n) is 8.09. The minimum atomic E-state index is -0.520. The molecule has 0 N–H and O–H groups in total. The van der Waals surface area contributed by atoms with Crippen LogP contribution >= 0.6 is 11.6 Å². The Kier molecular flexibility index (Phi) is 4.33. The summed E-state index contributed by atoms with van der Waals surface area (Å²) < 4.78 is 13.4. The minimum absolute atomic E-state index is 0.0391. The van der Waals surface area contributed by atoms with Gasteiger partial charge in [0.1, 0.15) is 11.6 Å². The lowest BCUT2D eigenvalue weighted by Gasteiger charge is -2.02. The van der Waals surface area contributed by atoms with Crippen LogP contribution in [-0.2, 0) is 11.2 Å². The highest BCUT2D eigenvalue weighted by Crippen LogP contribution is 2.18. The Morgan fingerprint density at radius 3 is 2.93 bits per heavy atom. The molecule has 0 bridgehead atoms. The molecule has 0 unspecified atom stereocenters. The van der Waals surface area contributed by atoms with Crippen molar-refractivity contribution in [1.29, 1.82) is 0 Å². The van der Waals surface area contributed by atoms with Gasteiger partial charge >= 0.3 is 0 Å². The Morgan fingerprint density at radius 2 is 2.27 bits per heavy atom. The monoisotopic (exact) mass is 224 g/mol. The first-order valence-electron chi connectivity index (χ1n) is 4.53. The topological polar surface area (TPSA) is 17.1 Å². The molecule has 0 atom stereocenters. The molecule has 3 heteroatoms. The zero-order valence-corrected chi connectivity index (χ0v) is 8.85. The van der Waals surface area contributed by atoms with Crippen molar-refractivity contribution in [2.45, 2.75) is 19.3 Å². The molecule has 0 radical (unpaired) electrons. The fraction of sp³-hybridized carbons (Fsp3) is 0.250. The summed E-state index contributed by atoms with van der Waals surface area (Å²) in [6, 6.07) is 4.62. The normalized spacial score (nSPS) is 9.67. The van der Waals surface area contributed by atoms with Crippen LogP contribution in [0.2, 0.25) is 5.02 Å². The third kappa shape index (κ3) is 3.38. The summed E-state index contributed by atoms with van der Waals surface area (Å²) in [7, 11) is 0. The van der Waals surface area contributed by atoms with Gasteiger partial charge in [-0.05, 0) is 11.6 Å². The van der Waals surface area contributed by atoms with Gasteiger partial charge in [-0.25, -0.2) is 4.39 Å². The first kappa shape index (κ1) is 11.7. The molecule has 78 valence electrons. The number of carbonyl (C=O) groups excluding carboxylic acids is 1. The maximum atomic E-state index is 13.4. The van der Waals surface area contributed by atoms with Crippen molar-refractivity contribution in [3.8, 4) is 12.3 Å². The van der Waals surface area contributed by atoms with Crippen LogP contribution < -0.4 is 0 Å². The van der Waals surface area contributed by atoms with Gasteiger partial charge in [0, 0.05) is 19.3 Å². The number of benzene rings is 1. The van der Waals surface area contributed by atoms with E-state index in [-0.39, 0.29) is 23.6 Å². The van der Waals surface area contributed by atoms with Gasteiger partial charge < -0.3 is 0 Å². The molecule has 1 aromatic rings. The lowest BCUT2D eigenvalue weighted by atomic mass is 10.1. The number of terminal acetylenes is 1. The summed E-state index contributed by atoms with van der Waals surface area (Å²) >= 11 is 5.58. The predicted octanol–water partition coefficient (Wildman–Crippen LogP) is 3.00. The SMILES string of the molecule is C#CCCC(=O)Cc1cccc(Cl)c1F. The molecule has 0 heterocycles. The van der Waals surface area contributed by atoms with Gasteiger partial charge in [0.15, 0.2) is 0 Å². The molecule has 0 aliphatic carbocycles. The molecule has 0 fully saturated rings. The molecule has 0 aliphatic rings. The standard InChI is InChI=1S/C12H10ClFO/c1-2-3-6-10(15)8-9-5-4-7-11(13)12(9)14/h1,4-5,7H,3,6,8H2. The van der Waals surface area contributed by atoms with Crippen LogP contribution in [0.25, 0.3) is 0 Å². The highest BCUT2D eigenvalue weighted by molar-refractivity contribution is 6.30. The second kappa shape index (κ2) is 5.53. The minimum Gasteiger partial charge on any atom is -0.299 e. The van der Waals surface area contributed by atoms with E-state index in [9.17, 15) is 9.18 Å². The van der Waals surface area contributed by atoms with Crippen LogP contribution in [0.1, 0.15) is 18.4 Å². The van der Waals surface area contributed by atoms with Crippen LogP contribution in [0, 0.1) is 18.2 Å². The third-order valence-electron chi connectivity index (χ3n) is 1.97. The zero-order chi connectivity index (χ0) is 11.3. The van der Waals surface area contributed by atoms with E-state index in [1.165, 1.54) is 6.07 Å². The van der Waals surface area contributed by atoms with Crippen LogP contribution in [0.4, 0.5) is 4.39 Å². The largest absolute Gasteiger partial charge is 0.299 e. The van der Waals surface area contributed by atoms with Gasteiger partial charge in [0.05, 0.1) is 5.02 Å². The number of hydrogen-bond donors (Lipinski definition) is 0. The summed E-state index contributed by atoms with van der Waals surface area (Å²) in [5, 5.41) is 0.0391. The van der Waals surface area contributed by atoms with Crippen molar-refractivity contribution in [1.82, 2.24) is 0 Å². The van der Waals surface area contributed by atoms with Gasteiger partial charge in [0.25, 0.3) is 0 Å². The molecule has 0 saturated carbocycles. The van der Waals surface area contributed by atoms with E-state index in [2.05, 4.69) is 5.92 Å². The van der Waals surface area contributed by atoms with Crippen molar-refractivity contribution in [2.75, 3.05) is 0 Å². The number of Topliss-reactive ketones (excluding diaryl/α,β-unsaturated/α-hetero) is 1. The summed E-state index contributed by atoms with van der Waals surface area (Å²) in [6.45, 7) is 0. The molecule has 0 saturated heterocycles. The Bertz CT molecular complexity index is 407. The Balaban J connectivity index is 2.69. The van der Waals surface area contributed by atoms with Gasteiger partial charge in [-0.15, -0.1) is 12.3 Å². The lowest BCUT2D eigenvalue weighted by molar-refractivity contribution is -0.118. The average molecular weight is 225 g/mol. The molecule has 1 nitrogen and oxygen atoms in total. The highest BCUT2D eigenvalue weighted by Gasteiger charge is 2.09. The van der Waals surface area contributed by atoms with Crippen molar-refractivity contribution in [2.24, 2.45) is 0 Å². The van der Waals surface area contributed by atoms with E-state index >= 15 is 0 Å². The number of halogens is 2. The Hall–Kier alpha value is -1.33. The van der Waals surface area contributed by atoms with Crippen LogP contribution in [0.3, 0.4) is 0 Å². The van der Waals surface area contributed by atoms with Crippen molar-refractivity contribution < 1.29 is 9.18 Å². The van der Waals surface area contributed by atoms with Gasteiger partial charge in [-0.3, -0.25) is 4.79 Å². The molecule has 0 aromatic heterocycles. The first-order chi connectivity index (χ1) is 7.15. The maximum Gasteiger partial charge on any atom is 0.145 e. The predicted molar refractivity (Wildman–Crippen MR) is 58.2 cm³/mol. The smallest absolute Gasteiger partial charge is 0.145 e. The quantitative estimate of drug-likeness (QED) is 0.719. The molecule has 1 aromatic carbocycles. The average Bonchev–Trinajstić information content (AvgIpc) is 2.22. The van der Waals surface area contributed by atoms with Crippen molar-refractivity contribution in [3.63, 3.8) is 0 Å². The molecule has 0 amide bonds. The number of hydrogen-bond acceptors (Lipinski definition) is 1.